The number of nitro groups is 1. The number of nitro benzene ring substituents is 1. The second-order valence-corrected chi connectivity index (χ2v) is 14.0. The number of aryl methyl sites for hydroxylation is 2. The zero-order valence-corrected chi connectivity index (χ0v) is 28.2. The highest BCUT2D eigenvalue weighted by molar-refractivity contribution is 8.00. The molecule has 0 aliphatic carbocycles. The molecule has 1 N–H and O–H groups in total. The van der Waals surface area contributed by atoms with Crippen LogP contribution in [0, 0.1) is 10.1 Å². The number of hydrogen-bond acceptors (Lipinski definition) is 8. The Morgan fingerprint density at radius 2 is 1.59 bits per heavy atom. The maximum atomic E-state index is 13.4. The standard InChI is InChI=1S/C37H33N5O5S2/c1-2-41(48-31-14-7-4-8-15-31)34-16-9-17-35(36(34)42(44)45)49(46,47)39-37(43)29-20-18-28(19-21-29)30-22-23-33-32(25-30)38-26-40(33)24-10-13-27-11-5-3-6-12-27/h3-9,11-12,14-23,25-26H,2,10,13,24H2,1H3,(H,39,43). The van der Waals surface area contributed by atoms with Gasteiger partial charge in [-0.2, -0.15) is 0 Å². The minimum Gasteiger partial charge on any atom is -0.331 e. The van der Waals surface area contributed by atoms with Gasteiger partial charge in [0.25, 0.3) is 15.9 Å². The molecule has 0 aliphatic rings. The summed E-state index contributed by atoms with van der Waals surface area (Å²) in [5.41, 5.74) is 4.46. The number of hydrogen-bond donors (Lipinski definition) is 1. The number of fused-ring (bicyclic) bond motifs is 1. The first kappa shape index (κ1) is 33.4. The molecule has 1 heterocycles. The molecule has 0 saturated carbocycles. The van der Waals surface area contributed by atoms with Crippen LogP contribution in [0.3, 0.4) is 0 Å². The van der Waals surface area contributed by atoms with Crippen LogP contribution in [0.4, 0.5) is 11.4 Å². The van der Waals surface area contributed by atoms with E-state index in [1.807, 2.05) is 84.7 Å². The molecule has 0 unspecified atom stereocenters. The predicted octanol–water partition coefficient (Wildman–Crippen LogP) is 7.90. The number of nitrogens with one attached hydrogen (secondary N) is 1. The lowest BCUT2D eigenvalue weighted by Gasteiger charge is -2.22. The lowest BCUT2D eigenvalue weighted by Crippen LogP contribution is -2.31. The molecule has 0 fully saturated rings. The SMILES string of the molecule is CCN(Sc1ccccc1)c1cccc(S(=O)(=O)NC(=O)c2ccc(-c3ccc4c(c3)ncn4CCCc3ccccc3)cc2)c1[N+](=O)[O-]. The molecule has 0 spiro atoms. The van der Waals surface area contributed by atoms with Crippen LogP contribution in [0.15, 0.2) is 137 Å². The van der Waals surface area contributed by atoms with Gasteiger partial charge < -0.3 is 8.87 Å². The van der Waals surface area contributed by atoms with Gasteiger partial charge in [0.1, 0.15) is 5.69 Å². The van der Waals surface area contributed by atoms with Crippen molar-refractivity contribution in [1.82, 2.24) is 14.3 Å². The summed E-state index contributed by atoms with van der Waals surface area (Å²) in [6, 6.07) is 36.1. The first-order chi connectivity index (χ1) is 23.7. The Kier molecular flexibility index (Phi) is 10.1. The highest BCUT2D eigenvalue weighted by Gasteiger charge is 2.32. The number of rotatable bonds is 13. The maximum absolute atomic E-state index is 13.4. The van der Waals surface area contributed by atoms with Crippen molar-refractivity contribution in [2.45, 2.75) is 36.1 Å². The first-order valence-electron chi connectivity index (χ1n) is 15.7. The lowest BCUT2D eigenvalue weighted by molar-refractivity contribution is -0.387. The van der Waals surface area contributed by atoms with Gasteiger partial charge in [0.2, 0.25) is 0 Å². The number of carbonyl (C=O) groups is 1. The second-order valence-electron chi connectivity index (χ2n) is 11.2. The summed E-state index contributed by atoms with van der Waals surface area (Å²) in [6.45, 7) is 3.01. The van der Waals surface area contributed by atoms with Gasteiger partial charge in [-0.3, -0.25) is 14.9 Å². The van der Waals surface area contributed by atoms with Gasteiger partial charge >= 0.3 is 5.69 Å². The number of imidazole rings is 1. The topological polar surface area (TPSA) is 127 Å². The van der Waals surface area contributed by atoms with Gasteiger partial charge in [-0.15, -0.1) is 0 Å². The fourth-order valence-electron chi connectivity index (χ4n) is 5.57. The average Bonchev–Trinajstić information content (AvgIpc) is 3.53. The van der Waals surface area contributed by atoms with E-state index in [1.54, 1.807) is 16.4 Å². The normalized spacial score (nSPS) is 11.4. The molecular formula is C37H33N5O5S2. The van der Waals surface area contributed by atoms with E-state index in [9.17, 15) is 23.3 Å². The fourth-order valence-corrected chi connectivity index (χ4v) is 7.65. The smallest absolute Gasteiger partial charge is 0.313 e. The first-order valence-corrected chi connectivity index (χ1v) is 17.9. The minimum atomic E-state index is -4.62. The van der Waals surface area contributed by atoms with Crippen LogP contribution in [-0.2, 0) is 23.0 Å². The molecule has 5 aromatic carbocycles. The number of benzene rings is 5. The van der Waals surface area contributed by atoms with E-state index in [0.717, 1.165) is 52.5 Å². The van der Waals surface area contributed by atoms with Gasteiger partial charge in [0.05, 0.1) is 22.3 Å². The van der Waals surface area contributed by atoms with Crippen molar-refractivity contribution < 1.29 is 18.1 Å². The number of nitrogens with zero attached hydrogens (tertiary/aromatic N) is 4. The van der Waals surface area contributed by atoms with Crippen molar-refractivity contribution in [2.24, 2.45) is 0 Å². The van der Waals surface area contributed by atoms with Crippen LogP contribution in [0.2, 0.25) is 0 Å². The van der Waals surface area contributed by atoms with Crippen molar-refractivity contribution in [3.8, 4) is 11.1 Å². The summed E-state index contributed by atoms with van der Waals surface area (Å²) in [6.07, 6.45) is 3.81. The van der Waals surface area contributed by atoms with Gasteiger partial charge in [-0.05, 0) is 96.9 Å². The Morgan fingerprint density at radius 1 is 0.898 bits per heavy atom. The third kappa shape index (κ3) is 7.66. The molecule has 1 aromatic heterocycles. The van der Waals surface area contributed by atoms with E-state index in [0.29, 0.717) is 6.54 Å². The number of anilines is 1. The molecule has 12 heteroatoms. The predicted molar refractivity (Wildman–Crippen MR) is 193 cm³/mol. The van der Waals surface area contributed by atoms with E-state index in [2.05, 4.69) is 21.7 Å². The summed E-state index contributed by atoms with van der Waals surface area (Å²) in [5.74, 6) is -0.901. The molecule has 0 saturated heterocycles. The third-order valence-electron chi connectivity index (χ3n) is 8.00. The Bertz CT molecular complexity index is 2210. The molecular weight excluding hydrogens is 659 g/mol. The monoisotopic (exact) mass is 691 g/mol. The number of aromatic nitrogens is 2. The van der Waals surface area contributed by atoms with Crippen LogP contribution >= 0.6 is 11.9 Å². The minimum absolute atomic E-state index is 0.0877. The fraction of sp³-hybridized carbons (Fsp3) is 0.135. The summed E-state index contributed by atoms with van der Waals surface area (Å²) in [5, 5.41) is 12.3. The molecule has 0 bridgehead atoms. The van der Waals surface area contributed by atoms with Crippen LogP contribution in [0.25, 0.3) is 22.2 Å². The Labute approximate surface area is 288 Å². The van der Waals surface area contributed by atoms with E-state index in [4.69, 9.17) is 0 Å². The van der Waals surface area contributed by atoms with Crippen molar-refractivity contribution in [3.05, 3.63) is 149 Å². The molecule has 248 valence electrons. The highest BCUT2D eigenvalue weighted by Crippen LogP contribution is 2.39. The Hall–Kier alpha value is -5.46. The number of carbonyl (C=O) groups excluding carboxylic acids is 1. The molecule has 10 nitrogen and oxygen atoms in total. The van der Waals surface area contributed by atoms with E-state index < -0.39 is 31.4 Å². The summed E-state index contributed by atoms with van der Waals surface area (Å²) in [7, 11) is -4.62. The van der Waals surface area contributed by atoms with E-state index in [-0.39, 0.29) is 11.3 Å². The molecule has 6 rings (SSSR count). The largest absolute Gasteiger partial charge is 0.331 e. The molecule has 49 heavy (non-hydrogen) atoms. The maximum Gasteiger partial charge on any atom is 0.313 e. The van der Waals surface area contributed by atoms with Crippen LogP contribution in [-0.4, -0.2) is 35.3 Å². The van der Waals surface area contributed by atoms with Crippen molar-refractivity contribution >= 4 is 50.3 Å². The second kappa shape index (κ2) is 14.8. The van der Waals surface area contributed by atoms with Gasteiger partial charge in [0, 0.05) is 23.5 Å². The van der Waals surface area contributed by atoms with E-state index >= 15 is 0 Å². The quantitative estimate of drug-likeness (QED) is 0.0736. The Morgan fingerprint density at radius 3 is 2.29 bits per heavy atom. The van der Waals surface area contributed by atoms with Crippen molar-refractivity contribution in [1.29, 1.82) is 0 Å². The average molecular weight is 692 g/mol. The van der Waals surface area contributed by atoms with E-state index in [1.165, 1.54) is 41.8 Å². The van der Waals surface area contributed by atoms with Crippen LogP contribution in [0.1, 0.15) is 29.3 Å². The van der Waals surface area contributed by atoms with Crippen molar-refractivity contribution in [3.63, 3.8) is 0 Å². The van der Waals surface area contributed by atoms with Crippen LogP contribution in [0.5, 0.6) is 0 Å². The van der Waals surface area contributed by atoms with Crippen LogP contribution < -0.4 is 9.03 Å². The number of sulfonamides is 1. The zero-order chi connectivity index (χ0) is 34.4. The molecule has 6 aromatic rings. The third-order valence-corrected chi connectivity index (χ3v) is 10.5. The summed E-state index contributed by atoms with van der Waals surface area (Å²) < 4.78 is 32.7. The van der Waals surface area contributed by atoms with Gasteiger partial charge in [0.15, 0.2) is 4.90 Å². The number of para-hydroxylation sites is 1. The molecule has 1 amide bonds. The summed E-state index contributed by atoms with van der Waals surface area (Å²) >= 11 is 1.25. The van der Waals surface area contributed by atoms with Gasteiger partial charge in [-0.25, -0.2) is 18.1 Å². The molecule has 0 aliphatic heterocycles. The zero-order valence-electron chi connectivity index (χ0n) is 26.6. The molecule has 0 radical (unpaired) electrons. The molecule has 0 atom stereocenters. The number of amides is 1. The lowest BCUT2D eigenvalue weighted by atomic mass is 10.0. The van der Waals surface area contributed by atoms with Gasteiger partial charge in [-0.1, -0.05) is 72.8 Å². The highest BCUT2D eigenvalue weighted by atomic mass is 32.2. The summed E-state index contributed by atoms with van der Waals surface area (Å²) in [4.78, 5) is 29.5. The van der Waals surface area contributed by atoms with Crippen molar-refractivity contribution in [2.75, 3.05) is 10.8 Å². The Balaban J connectivity index is 1.16.